The largest absolute Gasteiger partial charge is 0.497 e. The van der Waals surface area contributed by atoms with Crippen LogP contribution in [-0.2, 0) is 9.59 Å². The molecule has 0 aliphatic carbocycles. The molecular formula is C19H22N2O3. The van der Waals surface area contributed by atoms with Gasteiger partial charge < -0.3 is 15.0 Å². The van der Waals surface area contributed by atoms with Gasteiger partial charge in [-0.2, -0.15) is 0 Å². The number of nitrogens with zero attached hydrogens (tertiary/aromatic N) is 1. The maximum Gasteiger partial charge on any atom is 0.244 e. The molecule has 5 nitrogen and oxygen atoms in total. The van der Waals surface area contributed by atoms with Gasteiger partial charge in [0.05, 0.1) is 12.8 Å². The summed E-state index contributed by atoms with van der Waals surface area (Å²) < 4.78 is 5.14. The quantitative estimate of drug-likeness (QED) is 0.917. The minimum atomic E-state index is -0.263. The summed E-state index contributed by atoms with van der Waals surface area (Å²) in [7, 11) is 1.57. The Labute approximate surface area is 142 Å². The molecule has 0 aliphatic rings. The third-order valence-electron chi connectivity index (χ3n) is 3.74. The Kier molecular flexibility index (Phi) is 5.58. The van der Waals surface area contributed by atoms with Gasteiger partial charge in [-0.15, -0.1) is 0 Å². The Morgan fingerprint density at radius 1 is 1.08 bits per heavy atom. The van der Waals surface area contributed by atoms with Crippen molar-refractivity contribution >= 4 is 23.2 Å². The SMILES string of the molecule is COc1cccc(NC(=O)CN(C(C)=O)c2c(C)cccc2C)c1. The van der Waals surface area contributed by atoms with Crippen molar-refractivity contribution in [2.24, 2.45) is 0 Å². The van der Waals surface area contributed by atoms with Crippen molar-refractivity contribution in [2.45, 2.75) is 20.8 Å². The second-order valence-corrected chi connectivity index (χ2v) is 5.63. The highest BCUT2D eigenvalue weighted by molar-refractivity contribution is 6.02. The van der Waals surface area contributed by atoms with E-state index in [0.717, 1.165) is 16.8 Å². The van der Waals surface area contributed by atoms with Crippen LogP contribution in [0.25, 0.3) is 0 Å². The second-order valence-electron chi connectivity index (χ2n) is 5.63. The number of rotatable bonds is 5. The molecule has 0 bridgehead atoms. The molecule has 0 aliphatic heterocycles. The summed E-state index contributed by atoms with van der Waals surface area (Å²) in [6, 6.07) is 12.9. The van der Waals surface area contributed by atoms with Crippen molar-refractivity contribution in [1.82, 2.24) is 0 Å². The minimum Gasteiger partial charge on any atom is -0.497 e. The first-order valence-electron chi connectivity index (χ1n) is 7.70. The van der Waals surface area contributed by atoms with E-state index in [1.54, 1.807) is 31.4 Å². The predicted molar refractivity (Wildman–Crippen MR) is 95.6 cm³/mol. The molecule has 0 saturated carbocycles. The minimum absolute atomic E-state index is 0.0434. The molecule has 0 unspecified atom stereocenters. The number of hydrogen-bond acceptors (Lipinski definition) is 3. The lowest BCUT2D eigenvalue weighted by Gasteiger charge is -2.24. The van der Waals surface area contributed by atoms with E-state index in [2.05, 4.69) is 5.32 Å². The number of carbonyl (C=O) groups excluding carboxylic acids is 2. The van der Waals surface area contributed by atoms with Gasteiger partial charge in [-0.05, 0) is 37.1 Å². The van der Waals surface area contributed by atoms with Crippen LogP contribution in [0.3, 0.4) is 0 Å². The van der Waals surface area contributed by atoms with Gasteiger partial charge in [0, 0.05) is 18.7 Å². The summed E-state index contributed by atoms with van der Waals surface area (Å²) in [6.45, 7) is 5.28. The zero-order valence-electron chi connectivity index (χ0n) is 14.4. The highest BCUT2D eigenvalue weighted by Crippen LogP contribution is 2.25. The monoisotopic (exact) mass is 326 g/mol. The van der Waals surface area contributed by atoms with E-state index >= 15 is 0 Å². The van der Waals surface area contributed by atoms with Crippen LogP contribution in [0.15, 0.2) is 42.5 Å². The number of benzene rings is 2. The van der Waals surface area contributed by atoms with Gasteiger partial charge in [-0.25, -0.2) is 0 Å². The predicted octanol–water partition coefficient (Wildman–Crippen LogP) is 3.30. The Morgan fingerprint density at radius 2 is 1.71 bits per heavy atom. The van der Waals surface area contributed by atoms with Crippen LogP contribution < -0.4 is 15.0 Å². The van der Waals surface area contributed by atoms with E-state index in [1.165, 1.54) is 11.8 Å². The zero-order valence-corrected chi connectivity index (χ0v) is 14.4. The standard InChI is InChI=1S/C19H22N2O3/c1-13-7-5-8-14(2)19(13)21(15(3)22)12-18(23)20-16-9-6-10-17(11-16)24-4/h5-11H,12H2,1-4H3,(H,20,23). The summed E-state index contributed by atoms with van der Waals surface area (Å²) >= 11 is 0. The van der Waals surface area contributed by atoms with E-state index in [4.69, 9.17) is 4.74 Å². The van der Waals surface area contributed by atoms with Crippen LogP contribution in [0.2, 0.25) is 0 Å². The van der Waals surface area contributed by atoms with E-state index in [-0.39, 0.29) is 18.4 Å². The highest BCUT2D eigenvalue weighted by atomic mass is 16.5. The number of ether oxygens (including phenoxy) is 1. The summed E-state index contributed by atoms with van der Waals surface area (Å²) in [6.07, 6.45) is 0. The summed E-state index contributed by atoms with van der Waals surface area (Å²) in [5, 5.41) is 2.80. The Balaban J connectivity index is 2.19. The zero-order chi connectivity index (χ0) is 17.7. The molecule has 0 heterocycles. The van der Waals surface area contributed by atoms with Crippen molar-refractivity contribution in [2.75, 3.05) is 23.9 Å². The molecule has 24 heavy (non-hydrogen) atoms. The number of anilines is 2. The Hall–Kier alpha value is -2.82. The number of hydrogen-bond donors (Lipinski definition) is 1. The van der Waals surface area contributed by atoms with Crippen LogP contribution in [0, 0.1) is 13.8 Å². The first kappa shape index (κ1) is 17.5. The highest BCUT2D eigenvalue weighted by Gasteiger charge is 2.19. The number of carbonyl (C=O) groups is 2. The molecule has 0 spiro atoms. The lowest BCUT2D eigenvalue weighted by Crippen LogP contribution is -2.37. The summed E-state index contributed by atoms with van der Waals surface area (Å²) in [5.41, 5.74) is 3.33. The number of para-hydroxylation sites is 1. The molecule has 0 aromatic heterocycles. The fourth-order valence-corrected chi connectivity index (χ4v) is 2.62. The topological polar surface area (TPSA) is 58.6 Å². The molecular weight excluding hydrogens is 304 g/mol. The number of amides is 2. The van der Waals surface area contributed by atoms with Gasteiger partial charge in [0.25, 0.3) is 0 Å². The maximum atomic E-state index is 12.4. The van der Waals surface area contributed by atoms with E-state index < -0.39 is 0 Å². The molecule has 2 amide bonds. The lowest BCUT2D eigenvalue weighted by molar-refractivity contribution is -0.120. The van der Waals surface area contributed by atoms with Crippen molar-refractivity contribution < 1.29 is 14.3 Å². The van der Waals surface area contributed by atoms with Gasteiger partial charge in [-0.1, -0.05) is 24.3 Å². The number of methoxy groups -OCH3 is 1. The molecule has 126 valence electrons. The fraction of sp³-hybridized carbons (Fsp3) is 0.263. The van der Waals surface area contributed by atoms with Crippen molar-refractivity contribution in [3.63, 3.8) is 0 Å². The van der Waals surface area contributed by atoms with Gasteiger partial charge >= 0.3 is 0 Å². The molecule has 2 rings (SSSR count). The van der Waals surface area contributed by atoms with Crippen molar-refractivity contribution in [3.05, 3.63) is 53.6 Å². The molecule has 5 heteroatoms. The maximum absolute atomic E-state index is 12.4. The number of aryl methyl sites for hydroxylation is 2. The summed E-state index contributed by atoms with van der Waals surface area (Å²) in [5.74, 6) is 0.222. The van der Waals surface area contributed by atoms with Crippen LogP contribution in [0.1, 0.15) is 18.1 Å². The van der Waals surface area contributed by atoms with Crippen LogP contribution in [-0.4, -0.2) is 25.5 Å². The second kappa shape index (κ2) is 7.64. The molecule has 0 fully saturated rings. The molecule has 0 radical (unpaired) electrons. The van der Waals surface area contributed by atoms with Gasteiger partial charge in [0.2, 0.25) is 11.8 Å². The van der Waals surface area contributed by atoms with Gasteiger partial charge in [0.1, 0.15) is 12.3 Å². The van der Waals surface area contributed by atoms with E-state index in [0.29, 0.717) is 11.4 Å². The molecule has 2 aromatic carbocycles. The smallest absolute Gasteiger partial charge is 0.244 e. The Bertz CT molecular complexity index is 736. The van der Waals surface area contributed by atoms with Gasteiger partial charge in [-0.3, -0.25) is 9.59 Å². The molecule has 0 atom stereocenters. The Morgan fingerprint density at radius 3 is 2.29 bits per heavy atom. The molecule has 0 saturated heterocycles. The fourth-order valence-electron chi connectivity index (χ4n) is 2.62. The van der Waals surface area contributed by atoms with Gasteiger partial charge in [0.15, 0.2) is 0 Å². The number of nitrogens with one attached hydrogen (secondary N) is 1. The molecule has 2 aromatic rings. The average Bonchev–Trinajstić information content (AvgIpc) is 2.53. The normalized spacial score (nSPS) is 10.2. The third kappa shape index (κ3) is 4.13. The van der Waals surface area contributed by atoms with Crippen molar-refractivity contribution in [3.8, 4) is 5.75 Å². The first-order chi connectivity index (χ1) is 11.4. The molecule has 1 N–H and O–H groups in total. The van der Waals surface area contributed by atoms with Crippen LogP contribution >= 0.6 is 0 Å². The van der Waals surface area contributed by atoms with E-state index in [9.17, 15) is 9.59 Å². The van der Waals surface area contributed by atoms with Crippen molar-refractivity contribution in [1.29, 1.82) is 0 Å². The average molecular weight is 326 g/mol. The third-order valence-corrected chi connectivity index (χ3v) is 3.74. The lowest BCUT2D eigenvalue weighted by atomic mass is 10.1. The van der Waals surface area contributed by atoms with E-state index in [1.807, 2.05) is 32.0 Å². The van der Waals surface area contributed by atoms with Crippen LogP contribution in [0.5, 0.6) is 5.75 Å². The van der Waals surface area contributed by atoms with Crippen LogP contribution in [0.4, 0.5) is 11.4 Å². The first-order valence-corrected chi connectivity index (χ1v) is 7.70. The summed E-state index contributed by atoms with van der Waals surface area (Å²) in [4.78, 5) is 25.9.